The first-order valence-electron chi connectivity index (χ1n) is 21.3. The fourth-order valence-corrected chi connectivity index (χ4v) is 8.36. The topological polar surface area (TPSA) is 196 Å². The summed E-state index contributed by atoms with van der Waals surface area (Å²) in [6.45, 7) is 5.24. The number of fused-ring (bicyclic) bond motifs is 3. The number of carbonyl (C=O) groups is 5. The highest BCUT2D eigenvalue weighted by atomic mass is 16.6. The van der Waals surface area contributed by atoms with Gasteiger partial charge in [-0.15, -0.1) is 0 Å². The quantitative estimate of drug-likeness (QED) is 0.0462. The molecule has 0 radical (unpaired) electrons. The predicted molar refractivity (Wildman–Crippen MR) is 237 cm³/mol. The third-order valence-electron chi connectivity index (χ3n) is 11.8. The fourth-order valence-electron chi connectivity index (χ4n) is 8.36. The van der Waals surface area contributed by atoms with Crippen LogP contribution in [-0.2, 0) is 34.3 Å². The van der Waals surface area contributed by atoms with Crippen molar-refractivity contribution in [1.29, 1.82) is 0 Å². The van der Waals surface area contributed by atoms with Gasteiger partial charge in [-0.25, -0.2) is 4.79 Å². The van der Waals surface area contributed by atoms with Gasteiger partial charge in [0.05, 0.1) is 42.7 Å². The number of ether oxygens (including phenoxy) is 4. The minimum absolute atomic E-state index is 0.0298. The van der Waals surface area contributed by atoms with Crippen LogP contribution in [0.5, 0.6) is 11.5 Å². The number of esters is 1. The molecule has 0 bridgehead atoms. The molecule has 1 heterocycles. The third kappa shape index (κ3) is 10.4. The lowest BCUT2D eigenvalue weighted by Crippen LogP contribution is -2.55. The monoisotopic (exact) mass is 877 g/mol. The van der Waals surface area contributed by atoms with Crippen LogP contribution >= 0.6 is 0 Å². The number of likely N-dealkylation sites (N-methyl/N-ethyl adjacent to an activating group) is 1. The van der Waals surface area contributed by atoms with Crippen LogP contribution in [0.4, 0.5) is 10.5 Å². The molecular formula is C48H55N5O11. The second-order valence-electron chi connectivity index (χ2n) is 16.3. The minimum Gasteiger partial charge on any atom is -0.493 e. The van der Waals surface area contributed by atoms with E-state index in [-0.39, 0.29) is 67.2 Å². The molecule has 4 aromatic rings. The number of nitro benzene ring substituents is 1. The van der Waals surface area contributed by atoms with Crippen molar-refractivity contribution in [3.63, 3.8) is 0 Å². The highest BCUT2D eigenvalue weighted by Gasteiger charge is 2.42. The van der Waals surface area contributed by atoms with Crippen LogP contribution in [0.3, 0.4) is 0 Å². The van der Waals surface area contributed by atoms with Crippen molar-refractivity contribution >= 4 is 35.5 Å². The van der Waals surface area contributed by atoms with E-state index in [2.05, 4.69) is 10.6 Å². The van der Waals surface area contributed by atoms with E-state index in [1.54, 1.807) is 20.8 Å². The summed E-state index contributed by atoms with van der Waals surface area (Å²) in [6, 6.07) is 24.1. The molecule has 3 atom stereocenters. The summed E-state index contributed by atoms with van der Waals surface area (Å²) in [5, 5.41) is 17.7. The number of nitrogens with one attached hydrogen (secondary N) is 2. The van der Waals surface area contributed by atoms with Crippen LogP contribution in [0.25, 0.3) is 11.1 Å². The number of rotatable bonds is 18. The first kappa shape index (κ1) is 46.5. The molecule has 0 saturated carbocycles. The summed E-state index contributed by atoms with van der Waals surface area (Å²) >= 11 is 0. The standard InChI is InChI=1S/C48H55N5O11/c1-30(36-26-41(61-6)42(27-39(36)53(59)60)62-25-15-23-43(54)49-4)50-45(56)38-22-14-24-52(38)46(57)40(28-44(55)64-48(2,3)31-16-8-7-9-17-31)51(5)47(58)63-29-37-34-20-12-10-18-32(34)33-19-11-13-21-35(33)37/h7-13,16-21,26-27,30,37-38,40H,14-15,22-25,28-29H2,1-6H3,(H,49,54)(H,50,56)/t30?,38-,40-/m0/s1. The van der Waals surface area contributed by atoms with Crippen LogP contribution in [-0.4, -0.2) is 97.6 Å². The van der Waals surface area contributed by atoms with E-state index in [0.717, 1.165) is 32.7 Å². The van der Waals surface area contributed by atoms with Crippen LogP contribution < -0.4 is 20.1 Å². The van der Waals surface area contributed by atoms with Crippen molar-refractivity contribution in [1.82, 2.24) is 20.4 Å². The van der Waals surface area contributed by atoms with Crippen LogP contribution in [0.2, 0.25) is 0 Å². The zero-order valence-corrected chi connectivity index (χ0v) is 37.0. The van der Waals surface area contributed by atoms with Gasteiger partial charge in [-0.2, -0.15) is 0 Å². The summed E-state index contributed by atoms with van der Waals surface area (Å²) in [7, 11) is 4.28. The first-order valence-corrected chi connectivity index (χ1v) is 21.3. The fraction of sp³-hybridized carbons (Fsp3) is 0.396. The molecule has 64 heavy (non-hydrogen) atoms. The van der Waals surface area contributed by atoms with Gasteiger partial charge < -0.3 is 34.5 Å². The Kier molecular flexibility index (Phi) is 14.9. The third-order valence-corrected chi connectivity index (χ3v) is 11.8. The second-order valence-corrected chi connectivity index (χ2v) is 16.3. The summed E-state index contributed by atoms with van der Waals surface area (Å²) in [5.41, 5.74) is 3.52. The van der Waals surface area contributed by atoms with E-state index >= 15 is 0 Å². The molecule has 4 aromatic carbocycles. The average molecular weight is 878 g/mol. The number of benzene rings is 4. The van der Waals surface area contributed by atoms with Crippen LogP contribution in [0, 0.1) is 10.1 Å². The molecule has 1 fully saturated rings. The van der Waals surface area contributed by atoms with Gasteiger partial charge in [0.15, 0.2) is 11.5 Å². The highest BCUT2D eigenvalue weighted by molar-refractivity contribution is 5.94. The summed E-state index contributed by atoms with van der Waals surface area (Å²) < 4.78 is 23.1. The van der Waals surface area contributed by atoms with Gasteiger partial charge >= 0.3 is 12.1 Å². The first-order chi connectivity index (χ1) is 30.6. The van der Waals surface area contributed by atoms with Gasteiger partial charge in [0.2, 0.25) is 17.7 Å². The van der Waals surface area contributed by atoms with Gasteiger partial charge in [0.1, 0.15) is 24.3 Å². The van der Waals surface area contributed by atoms with E-state index in [4.69, 9.17) is 18.9 Å². The number of likely N-dealkylation sites (tertiary alicyclic amines) is 1. The van der Waals surface area contributed by atoms with Crippen LogP contribution in [0.1, 0.15) is 87.1 Å². The number of amides is 4. The Balaban J connectivity index is 1.20. The zero-order valence-electron chi connectivity index (χ0n) is 37.0. The highest BCUT2D eigenvalue weighted by Crippen LogP contribution is 2.45. The Hall–Kier alpha value is -6.97. The maximum Gasteiger partial charge on any atom is 0.410 e. The van der Waals surface area contributed by atoms with Gasteiger partial charge in [0, 0.05) is 33.0 Å². The molecule has 338 valence electrons. The average Bonchev–Trinajstić information content (AvgIpc) is 3.92. The molecule has 1 unspecified atom stereocenters. The van der Waals surface area contributed by atoms with E-state index in [0.29, 0.717) is 12.8 Å². The Morgan fingerprint density at radius 3 is 2.20 bits per heavy atom. The molecule has 2 N–H and O–H groups in total. The summed E-state index contributed by atoms with van der Waals surface area (Å²) in [6.07, 6.45) is -0.133. The van der Waals surface area contributed by atoms with E-state index in [1.165, 1.54) is 38.2 Å². The lowest BCUT2D eigenvalue weighted by atomic mass is 9.98. The van der Waals surface area contributed by atoms with Crippen molar-refractivity contribution in [2.24, 2.45) is 0 Å². The molecule has 16 heteroatoms. The SMILES string of the molecule is CNC(=O)CCCOc1cc([N+](=O)[O-])c(C(C)NC(=O)[C@@H]2CCCN2C(=O)[C@H](CC(=O)OC(C)(C)c2ccccc2)N(C)C(=O)OCC2c3ccccc3-c3ccccc32)cc1OC. The van der Waals surface area contributed by atoms with Crippen molar-refractivity contribution in [3.8, 4) is 22.6 Å². The molecule has 1 saturated heterocycles. The van der Waals surface area contributed by atoms with Crippen molar-refractivity contribution < 1.29 is 47.8 Å². The smallest absolute Gasteiger partial charge is 0.410 e. The van der Waals surface area contributed by atoms with Crippen molar-refractivity contribution in [2.75, 3.05) is 41.0 Å². The maximum atomic E-state index is 14.7. The summed E-state index contributed by atoms with van der Waals surface area (Å²) in [5.74, 6) is -2.16. The van der Waals surface area contributed by atoms with Crippen molar-refractivity contribution in [3.05, 3.63) is 123 Å². The van der Waals surface area contributed by atoms with Crippen LogP contribution in [0.15, 0.2) is 91.0 Å². The summed E-state index contributed by atoms with van der Waals surface area (Å²) in [4.78, 5) is 82.3. The normalized spacial score (nSPS) is 15.2. The molecule has 0 spiro atoms. The number of methoxy groups -OCH3 is 1. The molecule has 1 aliphatic heterocycles. The molecule has 4 amide bonds. The molecule has 0 aromatic heterocycles. The lowest BCUT2D eigenvalue weighted by Gasteiger charge is -2.33. The molecule has 6 rings (SSSR count). The number of hydrogen-bond acceptors (Lipinski definition) is 11. The van der Waals surface area contributed by atoms with Gasteiger partial charge in [-0.1, -0.05) is 78.9 Å². The number of hydrogen-bond donors (Lipinski definition) is 2. The number of nitrogens with zero attached hydrogens (tertiary/aromatic N) is 3. The molecular weight excluding hydrogens is 823 g/mol. The largest absolute Gasteiger partial charge is 0.493 e. The van der Waals surface area contributed by atoms with E-state index in [9.17, 15) is 34.1 Å². The zero-order chi connectivity index (χ0) is 46.1. The Labute approximate surface area is 372 Å². The Bertz CT molecular complexity index is 2330. The lowest BCUT2D eigenvalue weighted by molar-refractivity contribution is -0.385. The van der Waals surface area contributed by atoms with Gasteiger partial charge in [0.25, 0.3) is 5.69 Å². The molecule has 16 nitrogen and oxygen atoms in total. The second kappa shape index (κ2) is 20.5. The Morgan fingerprint density at radius 1 is 0.938 bits per heavy atom. The predicted octanol–water partition coefficient (Wildman–Crippen LogP) is 6.79. The van der Waals surface area contributed by atoms with Gasteiger partial charge in [-0.05, 0) is 73.9 Å². The number of nitro groups is 1. The van der Waals surface area contributed by atoms with Crippen molar-refractivity contribution in [2.45, 2.75) is 82.5 Å². The Morgan fingerprint density at radius 2 is 1.58 bits per heavy atom. The molecule has 2 aliphatic rings. The maximum absolute atomic E-state index is 14.7. The molecule has 1 aliphatic carbocycles. The van der Waals surface area contributed by atoms with E-state index < -0.39 is 58.9 Å². The van der Waals surface area contributed by atoms with E-state index in [1.807, 2.05) is 78.9 Å². The number of carbonyl (C=O) groups excluding carboxylic acids is 5. The van der Waals surface area contributed by atoms with Gasteiger partial charge in [-0.3, -0.25) is 34.2 Å². The minimum atomic E-state index is -1.42.